The molecular formula is C17H18N4O4. The van der Waals surface area contributed by atoms with Gasteiger partial charge in [0.15, 0.2) is 0 Å². The van der Waals surface area contributed by atoms with Crippen LogP contribution in [0.5, 0.6) is 0 Å². The number of hydrogen-bond acceptors (Lipinski definition) is 5. The van der Waals surface area contributed by atoms with E-state index in [1.807, 2.05) is 4.90 Å². The Hall–Kier alpha value is -3.16. The summed E-state index contributed by atoms with van der Waals surface area (Å²) < 4.78 is 1.34. The molecule has 0 unspecified atom stereocenters. The van der Waals surface area contributed by atoms with Gasteiger partial charge in [0.1, 0.15) is 5.69 Å². The predicted octanol–water partition coefficient (Wildman–Crippen LogP) is 2.15. The first-order chi connectivity index (χ1) is 12.0. The molecule has 1 saturated heterocycles. The summed E-state index contributed by atoms with van der Waals surface area (Å²) in [5.74, 6) is -0.463. The third kappa shape index (κ3) is 3.52. The molecule has 3 rings (SSSR count). The van der Waals surface area contributed by atoms with Crippen LogP contribution < -0.4 is 15.8 Å². The third-order valence-corrected chi connectivity index (χ3v) is 4.22. The van der Waals surface area contributed by atoms with Gasteiger partial charge in [0.05, 0.1) is 10.6 Å². The summed E-state index contributed by atoms with van der Waals surface area (Å²) in [5.41, 5.74) is 0.918. The van der Waals surface area contributed by atoms with Crippen molar-refractivity contribution in [2.24, 2.45) is 7.05 Å². The van der Waals surface area contributed by atoms with Gasteiger partial charge < -0.3 is 14.8 Å². The number of aromatic nitrogens is 1. The maximum Gasteiger partial charge on any atom is 0.293 e. The van der Waals surface area contributed by atoms with E-state index in [2.05, 4.69) is 5.32 Å². The van der Waals surface area contributed by atoms with Crippen molar-refractivity contribution in [1.82, 2.24) is 4.57 Å². The van der Waals surface area contributed by atoms with Gasteiger partial charge in [0.2, 0.25) is 5.56 Å². The average Bonchev–Trinajstić information content (AvgIpc) is 3.12. The number of nitro groups is 1. The molecule has 1 aromatic heterocycles. The molecule has 0 atom stereocenters. The van der Waals surface area contributed by atoms with Gasteiger partial charge in [-0.15, -0.1) is 0 Å². The highest BCUT2D eigenvalue weighted by atomic mass is 16.6. The largest absolute Gasteiger partial charge is 0.366 e. The summed E-state index contributed by atoms with van der Waals surface area (Å²) in [5, 5.41) is 14.0. The van der Waals surface area contributed by atoms with Crippen molar-refractivity contribution in [2.45, 2.75) is 12.8 Å². The minimum atomic E-state index is -0.463. The molecule has 130 valence electrons. The number of benzene rings is 1. The number of nitrogens with zero attached hydrogens (tertiary/aromatic N) is 3. The van der Waals surface area contributed by atoms with Gasteiger partial charge >= 0.3 is 0 Å². The van der Waals surface area contributed by atoms with E-state index < -0.39 is 10.8 Å². The minimum absolute atomic E-state index is 0.0741. The van der Waals surface area contributed by atoms with Crippen LogP contribution in [0.3, 0.4) is 0 Å². The standard InChI is InChI=1S/C17H18N4O4/c1-19-11-13(5-7-16(19)22)18-17(23)12-4-6-14(15(10-12)21(24)25)20-8-2-3-9-20/h4-7,10-11H,2-3,8-9H2,1H3,(H,18,23). The molecule has 25 heavy (non-hydrogen) atoms. The van der Waals surface area contributed by atoms with Crippen LogP contribution in [-0.2, 0) is 7.05 Å². The maximum atomic E-state index is 12.4. The van der Waals surface area contributed by atoms with Crippen molar-refractivity contribution in [1.29, 1.82) is 0 Å². The third-order valence-electron chi connectivity index (χ3n) is 4.22. The first-order valence-corrected chi connectivity index (χ1v) is 7.97. The van der Waals surface area contributed by atoms with E-state index in [0.29, 0.717) is 11.4 Å². The summed E-state index contributed by atoms with van der Waals surface area (Å²) in [7, 11) is 1.58. The van der Waals surface area contributed by atoms with Gasteiger partial charge in [0, 0.05) is 44.0 Å². The molecule has 0 bridgehead atoms. The van der Waals surface area contributed by atoms with Gasteiger partial charge in [-0.1, -0.05) is 0 Å². The van der Waals surface area contributed by atoms with E-state index in [0.717, 1.165) is 25.9 Å². The molecule has 2 heterocycles. The zero-order chi connectivity index (χ0) is 18.0. The fourth-order valence-corrected chi connectivity index (χ4v) is 2.91. The highest BCUT2D eigenvalue weighted by Crippen LogP contribution is 2.31. The molecule has 1 aliphatic rings. The van der Waals surface area contributed by atoms with Gasteiger partial charge in [-0.05, 0) is 31.0 Å². The zero-order valence-corrected chi connectivity index (χ0v) is 13.8. The second kappa shape index (κ2) is 6.76. The van der Waals surface area contributed by atoms with Gasteiger partial charge in [-0.3, -0.25) is 19.7 Å². The van der Waals surface area contributed by atoms with Crippen LogP contribution in [0.4, 0.5) is 17.1 Å². The van der Waals surface area contributed by atoms with Crippen LogP contribution in [0, 0.1) is 10.1 Å². The predicted molar refractivity (Wildman–Crippen MR) is 94.2 cm³/mol. The summed E-state index contributed by atoms with van der Waals surface area (Å²) >= 11 is 0. The Kier molecular flexibility index (Phi) is 4.51. The second-order valence-electron chi connectivity index (χ2n) is 5.98. The normalized spacial score (nSPS) is 13.7. The number of nitro benzene ring substituents is 1. The first kappa shape index (κ1) is 16.7. The molecular weight excluding hydrogens is 324 g/mol. The smallest absolute Gasteiger partial charge is 0.293 e. The highest BCUT2D eigenvalue weighted by molar-refractivity contribution is 6.05. The van der Waals surface area contributed by atoms with Crippen LogP contribution in [-0.4, -0.2) is 28.5 Å². The Balaban J connectivity index is 1.87. The van der Waals surface area contributed by atoms with Crippen molar-refractivity contribution < 1.29 is 9.72 Å². The Morgan fingerprint density at radius 3 is 2.56 bits per heavy atom. The fraction of sp³-hybridized carbons (Fsp3) is 0.294. The quantitative estimate of drug-likeness (QED) is 0.678. The Morgan fingerprint density at radius 2 is 1.92 bits per heavy atom. The first-order valence-electron chi connectivity index (χ1n) is 7.97. The molecule has 8 nitrogen and oxygen atoms in total. The molecule has 0 spiro atoms. The molecule has 1 N–H and O–H groups in total. The molecule has 2 aromatic rings. The second-order valence-corrected chi connectivity index (χ2v) is 5.98. The lowest BCUT2D eigenvalue weighted by molar-refractivity contribution is -0.384. The number of aryl methyl sites for hydroxylation is 1. The van der Waals surface area contributed by atoms with Gasteiger partial charge in [-0.2, -0.15) is 0 Å². The number of carbonyl (C=O) groups is 1. The lowest BCUT2D eigenvalue weighted by atomic mass is 10.1. The van der Waals surface area contributed by atoms with Crippen LogP contribution in [0.1, 0.15) is 23.2 Å². The molecule has 8 heteroatoms. The van der Waals surface area contributed by atoms with Crippen molar-refractivity contribution in [3.63, 3.8) is 0 Å². The molecule has 1 aromatic carbocycles. The molecule has 0 radical (unpaired) electrons. The van der Waals surface area contributed by atoms with E-state index in [-0.39, 0.29) is 16.8 Å². The number of pyridine rings is 1. The fourth-order valence-electron chi connectivity index (χ4n) is 2.91. The lowest BCUT2D eigenvalue weighted by Gasteiger charge is -2.17. The molecule has 1 amide bonds. The van der Waals surface area contributed by atoms with E-state index in [1.54, 1.807) is 19.2 Å². The Morgan fingerprint density at radius 1 is 1.20 bits per heavy atom. The van der Waals surface area contributed by atoms with E-state index >= 15 is 0 Å². The summed E-state index contributed by atoms with van der Waals surface area (Å²) in [6, 6.07) is 7.34. The van der Waals surface area contributed by atoms with Gasteiger partial charge in [0.25, 0.3) is 11.6 Å². The number of anilines is 2. The summed E-state index contributed by atoms with van der Waals surface area (Å²) in [4.78, 5) is 36.7. The summed E-state index contributed by atoms with van der Waals surface area (Å²) in [6.45, 7) is 1.56. The molecule has 1 aliphatic heterocycles. The highest BCUT2D eigenvalue weighted by Gasteiger charge is 2.23. The van der Waals surface area contributed by atoms with Crippen molar-refractivity contribution >= 4 is 23.0 Å². The lowest BCUT2D eigenvalue weighted by Crippen LogP contribution is -2.20. The molecule has 0 aliphatic carbocycles. The number of amides is 1. The van der Waals surface area contributed by atoms with E-state index in [9.17, 15) is 19.7 Å². The Bertz CT molecular complexity index is 884. The van der Waals surface area contributed by atoms with Crippen molar-refractivity contribution in [3.8, 4) is 0 Å². The molecule has 0 saturated carbocycles. The topological polar surface area (TPSA) is 97.5 Å². The van der Waals surface area contributed by atoms with E-state index in [4.69, 9.17) is 0 Å². The maximum absolute atomic E-state index is 12.4. The van der Waals surface area contributed by atoms with Crippen molar-refractivity contribution in [2.75, 3.05) is 23.3 Å². The molecule has 1 fully saturated rings. The van der Waals surface area contributed by atoms with Crippen molar-refractivity contribution in [3.05, 3.63) is 62.6 Å². The number of carbonyl (C=O) groups excluding carboxylic acids is 1. The minimum Gasteiger partial charge on any atom is -0.366 e. The zero-order valence-electron chi connectivity index (χ0n) is 13.8. The Labute approximate surface area is 143 Å². The van der Waals surface area contributed by atoms with Crippen LogP contribution in [0.2, 0.25) is 0 Å². The van der Waals surface area contributed by atoms with Crippen LogP contribution in [0.25, 0.3) is 0 Å². The number of hydrogen-bond donors (Lipinski definition) is 1. The SMILES string of the molecule is Cn1cc(NC(=O)c2ccc(N3CCCC3)c([N+](=O)[O-])c2)ccc1=O. The summed E-state index contributed by atoms with van der Waals surface area (Å²) in [6.07, 6.45) is 3.51. The average molecular weight is 342 g/mol. The number of rotatable bonds is 4. The van der Waals surface area contributed by atoms with Gasteiger partial charge in [-0.25, -0.2) is 0 Å². The van der Waals surface area contributed by atoms with Crippen LogP contribution >= 0.6 is 0 Å². The monoisotopic (exact) mass is 342 g/mol. The number of nitrogens with one attached hydrogen (secondary N) is 1. The van der Waals surface area contributed by atoms with Crippen LogP contribution in [0.15, 0.2) is 41.3 Å². The van der Waals surface area contributed by atoms with E-state index in [1.165, 1.54) is 29.0 Å².